The lowest BCUT2D eigenvalue weighted by Gasteiger charge is -2.13. The Labute approximate surface area is 145 Å². The van der Waals surface area contributed by atoms with E-state index in [1.54, 1.807) is 7.11 Å². The molecule has 0 aromatic heterocycles. The van der Waals surface area contributed by atoms with Crippen LogP contribution in [0.15, 0.2) is 22.7 Å². The van der Waals surface area contributed by atoms with Crippen LogP contribution >= 0.6 is 15.9 Å². The fourth-order valence-corrected chi connectivity index (χ4v) is 2.57. The van der Waals surface area contributed by atoms with Crippen LogP contribution in [0.5, 0.6) is 5.75 Å². The molecule has 0 aliphatic heterocycles. The van der Waals surface area contributed by atoms with E-state index in [1.165, 1.54) is 0 Å². The second-order valence-corrected chi connectivity index (χ2v) is 6.48. The van der Waals surface area contributed by atoms with E-state index in [2.05, 4.69) is 26.6 Å². The first-order valence-corrected chi connectivity index (χ1v) is 8.35. The predicted molar refractivity (Wildman–Crippen MR) is 92.2 cm³/mol. The minimum absolute atomic E-state index is 0.00726. The Kier molecular flexibility index (Phi) is 8.05. The van der Waals surface area contributed by atoms with Crippen molar-refractivity contribution in [1.82, 2.24) is 10.6 Å². The largest absolute Gasteiger partial charge is 0.496 e. The molecule has 2 amide bonds. The van der Waals surface area contributed by atoms with Crippen LogP contribution < -0.4 is 20.7 Å². The van der Waals surface area contributed by atoms with Gasteiger partial charge in [0.05, 0.1) is 18.1 Å². The molecule has 0 radical (unpaired) electrons. The number of carbonyl (C=O) groups excluding carboxylic acids is 2. The zero-order chi connectivity index (χ0) is 17.4. The maximum atomic E-state index is 11.8. The average Bonchev–Trinajstić information content (AvgIpc) is 2.49. The Morgan fingerprint density at radius 2 is 1.96 bits per heavy atom. The summed E-state index contributed by atoms with van der Waals surface area (Å²) in [5, 5.41) is 7.26. The summed E-state index contributed by atoms with van der Waals surface area (Å²) in [5.74, 6) is 0.429. The molecule has 0 saturated heterocycles. The minimum atomic E-state index is -0.180. The maximum Gasteiger partial charge on any atom is 0.275 e. The number of nitrogens with one attached hydrogen (secondary N) is 2. The van der Waals surface area contributed by atoms with Gasteiger partial charge in [-0.2, -0.15) is 0 Å². The fraction of sp³-hybridized carbons (Fsp3) is 0.500. The van der Waals surface area contributed by atoms with Gasteiger partial charge in [0.2, 0.25) is 5.91 Å². The van der Waals surface area contributed by atoms with Gasteiger partial charge in [0.1, 0.15) is 11.8 Å². The normalized spacial score (nSPS) is 11.9. The topological polar surface area (TPSA) is 84.0 Å². The Morgan fingerprint density at radius 1 is 1.26 bits per heavy atom. The number of amides is 2. The van der Waals surface area contributed by atoms with Crippen molar-refractivity contribution in [3.05, 3.63) is 28.2 Å². The Bertz CT molecular complexity index is 549. The van der Waals surface area contributed by atoms with Gasteiger partial charge < -0.3 is 20.7 Å². The minimum Gasteiger partial charge on any atom is -0.496 e. The van der Waals surface area contributed by atoms with Crippen molar-refractivity contribution in [2.45, 2.75) is 32.9 Å². The quantitative estimate of drug-likeness (QED) is 0.615. The number of ether oxygens (including phenoxy) is 1. The van der Waals surface area contributed by atoms with E-state index in [-0.39, 0.29) is 37.0 Å². The lowest BCUT2D eigenvalue weighted by atomic mass is 10.1. The van der Waals surface area contributed by atoms with Gasteiger partial charge in [-0.15, -0.1) is 0 Å². The maximum absolute atomic E-state index is 11.8. The summed E-state index contributed by atoms with van der Waals surface area (Å²) >= 11 is 3.45. The highest BCUT2D eigenvalue weighted by atomic mass is 79.9. The molecule has 0 unspecified atom stereocenters. The zero-order valence-corrected chi connectivity index (χ0v) is 15.6. The van der Waals surface area contributed by atoms with Gasteiger partial charge in [-0.25, -0.2) is 0 Å². The number of nitrogens with two attached hydrogens (primary N) is 1. The van der Waals surface area contributed by atoms with E-state index in [0.717, 1.165) is 15.8 Å². The van der Waals surface area contributed by atoms with E-state index < -0.39 is 0 Å². The van der Waals surface area contributed by atoms with Crippen LogP contribution in [-0.2, 0) is 9.59 Å². The van der Waals surface area contributed by atoms with E-state index in [4.69, 9.17) is 4.74 Å². The average molecular weight is 387 g/mol. The molecular formula is C16H25BrN3O3+. The second kappa shape index (κ2) is 9.52. The number of hydrogen-bond acceptors (Lipinski definition) is 3. The van der Waals surface area contributed by atoms with Crippen molar-refractivity contribution in [1.29, 1.82) is 0 Å². The molecule has 1 aromatic rings. The van der Waals surface area contributed by atoms with Gasteiger partial charge in [-0.05, 0) is 54.9 Å². The van der Waals surface area contributed by atoms with Gasteiger partial charge in [0.15, 0.2) is 6.54 Å². The number of benzene rings is 1. The van der Waals surface area contributed by atoms with Crippen molar-refractivity contribution in [2.75, 3.05) is 20.2 Å². The molecular weight excluding hydrogens is 362 g/mol. The summed E-state index contributed by atoms with van der Waals surface area (Å²) in [7, 11) is 1.62. The van der Waals surface area contributed by atoms with Gasteiger partial charge in [-0.3, -0.25) is 9.59 Å². The molecule has 0 bridgehead atoms. The summed E-state index contributed by atoms with van der Waals surface area (Å²) in [6, 6.07) is 6.03. The van der Waals surface area contributed by atoms with Crippen LogP contribution in [0.2, 0.25) is 0 Å². The van der Waals surface area contributed by atoms with Gasteiger partial charge in [0, 0.05) is 11.6 Å². The molecule has 7 heteroatoms. The molecule has 23 heavy (non-hydrogen) atoms. The summed E-state index contributed by atoms with van der Waals surface area (Å²) in [6.45, 7) is 6.05. The molecule has 0 spiro atoms. The molecule has 0 aliphatic rings. The highest BCUT2D eigenvalue weighted by molar-refractivity contribution is 9.10. The molecule has 1 rings (SSSR count). The SMILES string of the molecule is COc1ccc([C@@H](C)[NH2+]CC(=O)NCC(=O)NC(C)C)cc1Br. The number of rotatable bonds is 8. The standard InChI is InChI=1S/C16H24BrN3O3/c1-10(2)20-16(22)9-19-15(21)8-18-11(3)12-5-6-14(23-4)13(17)7-12/h5-7,10-11,18H,8-9H2,1-4H3,(H,19,21)(H,20,22)/p+1/t11-/m1/s1. The molecule has 0 aliphatic carbocycles. The van der Waals surface area contributed by atoms with Gasteiger partial charge >= 0.3 is 0 Å². The number of quaternary nitrogens is 1. The molecule has 0 heterocycles. The van der Waals surface area contributed by atoms with Crippen LogP contribution in [0.25, 0.3) is 0 Å². The van der Waals surface area contributed by atoms with Crippen molar-refractivity contribution in [3.63, 3.8) is 0 Å². The molecule has 128 valence electrons. The van der Waals surface area contributed by atoms with E-state index in [0.29, 0.717) is 0 Å². The molecule has 6 nitrogen and oxygen atoms in total. The molecule has 0 saturated carbocycles. The van der Waals surface area contributed by atoms with Crippen LogP contribution in [-0.4, -0.2) is 38.1 Å². The molecule has 0 fully saturated rings. The van der Waals surface area contributed by atoms with Crippen LogP contribution in [0.1, 0.15) is 32.4 Å². The summed E-state index contributed by atoms with van der Waals surface area (Å²) in [5.41, 5.74) is 1.09. The van der Waals surface area contributed by atoms with Crippen LogP contribution in [0, 0.1) is 0 Å². The first-order chi connectivity index (χ1) is 10.8. The summed E-state index contributed by atoms with van der Waals surface area (Å²) in [4.78, 5) is 23.2. The van der Waals surface area contributed by atoms with Crippen molar-refractivity contribution in [3.8, 4) is 5.75 Å². The molecule has 4 N–H and O–H groups in total. The Balaban J connectivity index is 2.40. The predicted octanol–water partition coefficient (Wildman–Crippen LogP) is 0.723. The summed E-state index contributed by atoms with van der Waals surface area (Å²) in [6.07, 6.45) is 0. The van der Waals surface area contributed by atoms with Crippen molar-refractivity contribution >= 4 is 27.7 Å². The van der Waals surface area contributed by atoms with E-state index in [1.807, 2.05) is 44.3 Å². The Morgan fingerprint density at radius 3 is 2.52 bits per heavy atom. The number of halogens is 1. The third-order valence-corrected chi connectivity index (χ3v) is 3.87. The molecule has 1 aromatic carbocycles. The summed E-state index contributed by atoms with van der Waals surface area (Å²) < 4.78 is 6.08. The van der Waals surface area contributed by atoms with E-state index in [9.17, 15) is 9.59 Å². The highest BCUT2D eigenvalue weighted by Gasteiger charge is 2.14. The van der Waals surface area contributed by atoms with Crippen LogP contribution in [0.4, 0.5) is 0 Å². The second-order valence-electron chi connectivity index (χ2n) is 5.62. The van der Waals surface area contributed by atoms with Crippen molar-refractivity contribution in [2.24, 2.45) is 0 Å². The zero-order valence-electron chi connectivity index (χ0n) is 14.0. The van der Waals surface area contributed by atoms with Crippen molar-refractivity contribution < 1.29 is 19.6 Å². The lowest BCUT2D eigenvalue weighted by Crippen LogP contribution is -2.87. The van der Waals surface area contributed by atoms with Gasteiger partial charge in [-0.1, -0.05) is 0 Å². The first-order valence-electron chi connectivity index (χ1n) is 7.56. The number of methoxy groups -OCH3 is 1. The number of carbonyl (C=O) groups is 2. The molecule has 1 atom stereocenters. The third-order valence-electron chi connectivity index (χ3n) is 3.25. The highest BCUT2D eigenvalue weighted by Crippen LogP contribution is 2.26. The fourth-order valence-electron chi connectivity index (χ4n) is 2.01. The van der Waals surface area contributed by atoms with Crippen LogP contribution in [0.3, 0.4) is 0 Å². The first kappa shape index (κ1) is 19.4. The smallest absolute Gasteiger partial charge is 0.275 e. The van der Waals surface area contributed by atoms with E-state index >= 15 is 0 Å². The van der Waals surface area contributed by atoms with Gasteiger partial charge in [0.25, 0.3) is 5.91 Å². The third kappa shape index (κ3) is 7.00. The number of hydrogen-bond donors (Lipinski definition) is 3. The Hall–Kier alpha value is -1.60. The monoisotopic (exact) mass is 386 g/mol. The lowest BCUT2D eigenvalue weighted by molar-refractivity contribution is -0.682.